The molecule has 3 N–H and O–H groups in total. The number of halogens is 2. The highest BCUT2D eigenvalue weighted by molar-refractivity contribution is 7.92. The van der Waals surface area contributed by atoms with Crippen molar-refractivity contribution in [3.05, 3.63) is 23.8 Å². The standard InChI is InChI=1S/C10H14F2N2O2S/c1-2-3-4-17(15,16)14-10-6-9(13)7(11)5-8(10)12/h5-6,14H,2-4,13H2,1H3. The number of nitrogens with two attached hydrogens (primary N) is 1. The van der Waals surface area contributed by atoms with E-state index in [1.54, 1.807) is 0 Å². The van der Waals surface area contributed by atoms with Crippen molar-refractivity contribution in [1.82, 2.24) is 0 Å². The molecule has 0 spiro atoms. The third-order valence-corrected chi connectivity index (χ3v) is 3.48. The first-order valence-corrected chi connectivity index (χ1v) is 6.76. The summed E-state index contributed by atoms with van der Waals surface area (Å²) >= 11 is 0. The minimum absolute atomic E-state index is 0.111. The van der Waals surface area contributed by atoms with Gasteiger partial charge >= 0.3 is 0 Å². The van der Waals surface area contributed by atoms with Crippen LogP contribution in [0.25, 0.3) is 0 Å². The van der Waals surface area contributed by atoms with Gasteiger partial charge in [-0.1, -0.05) is 13.3 Å². The number of hydrogen-bond donors (Lipinski definition) is 2. The number of sulfonamides is 1. The van der Waals surface area contributed by atoms with Crippen LogP contribution in [0.15, 0.2) is 12.1 Å². The summed E-state index contributed by atoms with van der Waals surface area (Å²) in [6.45, 7) is 1.84. The molecule has 7 heteroatoms. The van der Waals surface area contributed by atoms with Crippen molar-refractivity contribution in [1.29, 1.82) is 0 Å². The zero-order valence-electron chi connectivity index (χ0n) is 9.33. The summed E-state index contributed by atoms with van der Waals surface area (Å²) in [6, 6.07) is 1.47. The van der Waals surface area contributed by atoms with Gasteiger partial charge in [-0.2, -0.15) is 0 Å². The lowest BCUT2D eigenvalue weighted by Crippen LogP contribution is -2.17. The fourth-order valence-corrected chi connectivity index (χ4v) is 2.46. The summed E-state index contributed by atoms with van der Waals surface area (Å²) in [5, 5.41) is 0. The minimum atomic E-state index is -3.62. The van der Waals surface area contributed by atoms with Crippen molar-refractivity contribution >= 4 is 21.4 Å². The predicted octanol–water partition coefficient (Wildman–Crippen LogP) is 2.09. The molecule has 0 aliphatic heterocycles. The van der Waals surface area contributed by atoms with Gasteiger partial charge in [-0.15, -0.1) is 0 Å². The highest BCUT2D eigenvalue weighted by Crippen LogP contribution is 2.22. The van der Waals surface area contributed by atoms with Crippen LogP contribution in [0.2, 0.25) is 0 Å². The number of nitrogens with one attached hydrogen (secondary N) is 1. The average molecular weight is 264 g/mol. The number of hydrogen-bond acceptors (Lipinski definition) is 3. The van der Waals surface area contributed by atoms with Gasteiger partial charge in [0.15, 0.2) is 0 Å². The van der Waals surface area contributed by atoms with Gasteiger partial charge in [0.1, 0.15) is 11.6 Å². The van der Waals surface area contributed by atoms with E-state index in [0.717, 1.165) is 6.07 Å². The van der Waals surface area contributed by atoms with Crippen molar-refractivity contribution in [2.24, 2.45) is 0 Å². The van der Waals surface area contributed by atoms with E-state index in [4.69, 9.17) is 5.73 Å². The molecule has 0 saturated carbocycles. The minimum Gasteiger partial charge on any atom is -0.396 e. The summed E-state index contributed by atoms with van der Waals surface area (Å²) in [7, 11) is -3.62. The highest BCUT2D eigenvalue weighted by Gasteiger charge is 2.14. The van der Waals surface area contributed by atoms with Gasteiger partial charge in [-0.3, -0.25) is 4.72 Å². The fraction of sp³-hybridized carbons (Fsp3) is 0.400. The molecule has 17 heavy (non-hydrogen) atoms. The molecule has 96 valence electrons. The maximum absolute atomic E-state index is 13.3. The van der Waals surface area contributed by atoms with Crippen LogP contribution in [0.1, 0.15) is 19.8 Å². The van der Waals surface area contributed by atoms with Crippen LogP contribution in [-0.2, 0) is 10.0 Å². The molecular weight excluding hydrogens is 250 g/mol. The summed E-state index contributed by atoms with van der Waals surface area (Å²) in [4.78, 5) is 0. The third kappa shape index (κ3) is 3.85. The largest absolute Gasteiger partial charge is 0.396 e. The Balaban J connectivity index is 2.92. The molecule has 0 radical (unpaired) electrons. The van der Waals surface area contributed by atoms with E-state index in [0.29, 0.717) is 18.9 Å². The maximum atomic E-state index is 13.3. The van der Waals surface area contributed by atoms with Crippen LogP contribution in [0.4, 0.5) is 20.2 Å². The van der Waals surface area contributed by atoms with Crippen LogP contribution in [0.5, 0.6) is 0 Å². The Labute approximate surface area is 98.9 Å². The van der Waals surface area contributed by atoms with Gasteiger partial charge in [0, 0.05) is 6.07 Å². The Morgan fingerprint density at radius 2 is 1.94 bits per heavy atom. The second-order valence-electron chi connectivity index (χ2n) is 3.63. The van der Waals surface area contributed by atoms with E-state index in [2.05, 4.69) is 0 Å². The maximum Gasteiger partial charge on any atom is 0.232 e. The average Bonchev–Trinajstić information content (AvgIpc) is 2.23. The molecule has 0 amide bonds. The molecule has 0 aliphatic rings. The summed E-state index contributed by atoms with van der Waals surface area (Å²) < 4.78 is 51.1. The Kier molecular flexibility index (Phi) is 4.28. The lowest BCUT2D eigenvalue weighted by atomic mass is 10.2. The lowest BCUT2D eigenvalue weighted by Gasteiger charge is -2.09. The third-order valence-electron chi connectivity index (χ3n) is 2.12. The van der Waals surface area contributed by atoms with Gasteiger partial charge in [-0.05, 0) is 12.5 Å². The van der Waals surface area contributed by atoms with E-state index in [-0.39, 0.29) is 17.1 Å². The van der Waals surface area contributed by atoms with E-state index >= 15 is 0 Å². The van der Waals surface area contributed by atoms with E-state index in [1.807, 2.05) is 11.6 Å². The lowest BCUT2D eigenvalue weighted by molar-refractivity contribution is 0.584. The number of nitrogen functional groups attached to an aromatic ring is 1. The quantitative estimate of drug-likeness (QED) is 0.800. The Hall–Kier alpha value is -1.37. The second kappa shape index (κ2) is 5.31. The van der Waals surface area contributed by atoms with Gasteiger partial charge < -0.3 is 5.73 Å². The van der Waals surface area contributed by atoms with Crippen LogP contribution >= 0.6 is 0 Å². The number of benzene rings is 1. The molecule has 1 rings (SSSR count). The van der Waals surface area contributed by atoms with Crippen molar-refractivity contribution in [3.63, 3.8) is 0 Å². The van der Waals surface area contributed by atoms with Gasteiger partial charge in [0.2, 0.25) is 10.0 Å². The first-order chi connectivity index (χ1) is 7.85. The Morgan fingerprint density at radius 3 is 2.53 bits per heavy atom. The Bertz CT molecular complexity index is 503. The molecular formula is C10H14F2N2O2S. The molecule has 0 unspecified atom stereocenters. The van der Waals surface area contributed by atoms with Crippen LogP contribution in [0.3, 0.4) is 0 Å². The Morgan fingerprint density at radius 1 is 1.29 bits per heavy atom. The molecule has 0 saturated heterocycles. The van der Waals surface area contributed by atoms with Crippen molar-refractivity contribution in [2.45, 2.75) is 19.8 Å². The SMILES string of the molecule is CCCCS(=O)(=O)Nc1cc(N)c(F)cc1F. The molecule has 0 aliphatic carbocycles. The molecule has 1 aromatic carbocycles. The fourth-order valence-electron chi connectivity index (χ4n) is 1.20. The molecule has 0 aromatic heterocycles. The van der Waals surface area contributed by atoms with Gasteiger partial charge in [-0.25, -0.2) is 17.2 Å². The topological polar surface area (TPSA) is 72.2 Å². The van der Waals surface area contributed by atoms with Crippen molar-refractivity contribution in [2.75, 3.05) is 16.2 Å². The van der Waals surface area contributed by atoms with E-state index in [1.165, 1.54) is 0 Å². The number of rotatable bonds is 5. The molecule has 0 fully saturated rings. The van der Waals surface area contributed by atoms with Crippen molar-refractivity contribution in [3.8, 4) is 0 Å². The van der Waals surface area contributed by atoms with Crippen LogP contribution in [0, 0.1) is 11.6 Å². The summed E-state index contributed by atoms with van der Waals surface area (Å²) in [6.07, 6.45) is 1.17. The molecule has 0 atom stereocenters. The smallest absolute Gasteiger partial charge is 0.232 e. The first-order valence-electron chi connectivity index (χ1n) is 5.10. The van der Waals surface area contributed by atoms with E-state index < -0.39 is 21.7 Å². The predicted molar refractivity (Wildman–Crippen MR) is 63.1 cm³/mol. The first kappa shape index (κ1) is 13.7. The number of unbranched alkanes of at least 4 members (excludes halogenated alkanes) is 1. The summed E-state index contributed by atoms with van der Waals surface area (Å²) in [5.41, 5.74) is 4.59. The second-order valence-corrected chi connectivity index (χ2v) is 5.47. The van der Waals surface area contributed by atoms with Crippen molar-refractivity contribution < 1.29 is 17.2 Å². The zero-order valence-corrected chi connectivity index (χ0v) is 10.2. The van der Waals surface area contributed by atoms with Crippen LogP contribution < -0.4 is 10.5 Å². The number of anilines is 2. The van der Waals surface area contributed by atoms with Crippen LogP contribution in [-0.4, -0.2) is 14.2 Å². The van der Waals surface area contributed by atoms with E-state index in [9.17, 15) is 17.2 Å². The molecule has 1 aromatic rings. The highest BCUT2D eigenvalue weighted by atomic mass is 32.2. The molecule has 4 nitrogen and oxygen atoms in total. The normalized spacial score (nSPS) is 11.5. The monoisotopic (exact) mass is 264 g/mol. The zero-order chi connectivity index (χ0) is 13.1. The molecule has 0 bridgehead atoms. The summed E-state index contributed by atoms with van der Waals surface area (Å²) in [5.74, 6) is -2.02. The molecule has 0 heterocycles. The van der Waals surface area contributed by atoms with Gasteiger partial charge in [0.05, 0.1) is 17.1 Å². The van der Waals surface area contributed by atoms with Gasteiger partial charge in [0.25, 0.3) is 0 Å².